The predicted octanol–water partition coefficient (Wildman–Crippen LogP) is 15.1. The molecular weight excluding hydrogens is 1510 g/mol. The van der Waals surface area contributed by atoms with Crippen LogP contribution in [0.4, 0.5) is 0 Å². The molecular formula is C44H100Cl8O28P8+2. The van der Waals surface area contributed by atoms with Crippen LogP contribution in [0.25, 0.3) is 0 Å². The Hall–Kier alpha value is 3.26. The molecule has 7 aliphatic heterocycles. The number of phosphoric acid groups is 1. The van der Waals surface area contributed by atoms with Gasteiger partial charge < -0.3 is 58.2 Å². The summed E-state index contributed by atoms with van der Waals surface area (Å²) in [4.78, 5) is 0. The van der Waals surface area contributed by atoms with Crippen LogP contribution in [0.1, 0.15) is 111 Å². The summed E-state index contributed by atoms with van der Waals surface area (Å²) in [5.74, 6) is -1.20. The van der Waals surface area contributed by atoms with Gasteiger partial charge in [-0.3, -0.25) is 36.3 Å². The van der Waals surface area contributed by atoms with Gasteiger partial charge in [-0.2, -0.15) is 0 Å². The molecule has 0 amide bonds. The lowest BCUT2D eigenvalue weighted by molar-refractivity contribution is -0.00184. The summed E-state index contributed by atoms with van der Waals surface area (Å²) in [6.45, 7) is 33.5. The molecule has 88 heavy (non-hydrogen) atoms. The van der Waals surface area contributed by atoms with Crippen molar-refractivity contribution in [3.05, 3.63) is 0 Å². The first-order chi connectivity index (χ1) is 37.5. The molecule has 0 aromatic rings. The summed E-state index contributed by atoms with van der Waals surface area (Å²) in [6, 6.07) is 0. The van der Waals surface area contributed by atoms with E-state index in [1.165, 1.54) is 0 Å². The smallest absolute Gasteiger partial charge is 0.412 e. The maximum atomic E-state index is 12.2. The molecule has 538 valence electrons. The average Bonchev–Trinajstić information content (AvgIpc) is 3.40. The lowest BCUT2D eigenvalue weighted by atomic mass is 9.97. The van der Waals surface area contributed by atoms with Gasteiger partial charge >= 0.3 is 54.1 Å². The summed E-state index contributed by atoms with van der Waals surface area (Å²) in [5.41, 5.74) is -0.912. The number of phosphoric ester groups is 1. The Bertz CT molecular complexity index is 1970. The molecule has 0 atom stereocenters. The molecule has 0 aliphatic carbocycles. The SMILES string of the molecule is CC(C)(CO)CO.CC1(C)COP(=O)(CO)OC1.CC1(C)COP(=O)(CO)OC1.CC1(C)COP(=O)(COP2(=O)OCC(C)(C)CO2)OC1.CC1(C)COP(=O)(Cl)OC1.CC1(C)CO[P+](=O)OC1.CC1(C)CO[P+](=O)OC1.CO.Cl.Cl.Cl.Cl.ClP(Cl)Cl.O. The predicted molar refractivity (Wildman–Crippen MR) is 352 cm³/mol. The molecule has 7 saturated heterocycles. The second kappa shape index (κ2) is 46.6. The quantitative estimate of drug-likeness (QED) is 0.148. The van der Waals surface area contributed by atoms with Gasteiger partial charge in [0.25, 0.3) is 0 Å². The van der Waals surface area contributed by atoms with E-state index in [-0.39, 0.29) is 125 Å². The Morgan fingerprint density at radius 1 is 0.420 bits per heavy atom. The monoisotopic (exact) mass is 1600 g/mol. The highest BCUT2D eigenvalue weighted by molar-refractivity contribution is 8.20. The molecule has 7 fully saturated rings. The van der Waals surface area contributed by atoms with E-state index in [0.29, 0.717) is 79.3 Å². The molecule has 0 saturated carbocycles. The second-order valence-electron chi connectivity index (χ2n) is 25.3. The topological polar surface area (TPSA) is 391 Å². The van der Waals surface area contributed by atoms with Crippen LogP contribution in [0.3, 0.4) is 0 Å². The van der Waals surface area contributed by atoms with Crippen LogP contribution in [0.5, 0.6) is 0 Å². The number of aliphatic hydroxyl groups excluding tert-OH is 5. The van der Waals surface area contributed by atoms with E-state index in [1.807, 2.05) is 96.9 Å². The summed E-state index contributed by atoms with van der Waals surface area (Å²) in [7, 11) is -15.9. The van der Waals surface area contributed by atoms with Gasteiger partial charge in [-0.1, -0.05) is 145 Å². The van der Waals surface area contributed by atoms with E-state index in [4.69, 9.17) is 138 Å². The summed E-state index contributed by atoms with van der Waals surface area (Å²) >= 11 is 19.9. The highest BCUT2D eigenvalue weighted by Crippen LogP contribution is 2.62. The number of rotatable bonds is 7. The molecule has 0 aromatic heterocycles. The van der Waals surface area contributed by atoms with Gasteiger partial charge in [0, 0.05) is 70.8 Å². The molecule has 7 rings (SSSR count). The first-order valence-corrected chi connectivity index (χ1v) is 40.7. The number of aliphatic hydroxyl groups is 5. The fraction of sp³-hybridized carbons (Fsp3) is 1.00. The highest BCUT2D eigenvalue weighted by atomic mass is 36.0. The minimum atomic E-state index is -3.67. The lowest BCUT2D eigenvalue weighted by Crippen LogP contribution is -2.31. The Morgan fingerprint density at radius 2 is 0.614 bits per heavy atom. The third kappa shape index (κ3) is 51.4. The van der Waals surface area contributed by atoms with Gasteiger partial charge in [0.1, 0.15) is 39.1 Å². The summed E-state index contributed by atoms with van der Waals surface area (Å²) in [5, 5.41) is 41.1. The summed E-state index contributed by atoms with van der Waals surface area (Å²) < 4.78 is 153. The van der Waals surface area contributed by atoms with Crippen LogP contribution >= 0.6 is 155 Å². The second-order valence-corrected chi connectivity index (χ2v) is 42.6. The molecule has 0 unspecified atom stereocenters. The van der Waals surface area contributed by atoms with E-state index in [9.17, 15) is 32.0 Å². The fourth-order valence-electron chi connectivity index (χ4n) is 4.62. The minimum absolute atomic E-state index is 0. The molecule has 0 spiro atoms. The molecule has 0 radical (unpaired) electrons. The maximum absolute atomic E-state index is 12.2. The molecule has 0 bridgehead atoms. The Kier molecular flexibility index (Phi) is 55.4. The third-order valence-corrected chi connectivity index (χ3v) is 18.8. The van der Waals surface area contributed by atoms with Crippen molar-refractivity contribution in [3.63, 3.8) is 0 Å². The van der Waals surface area contributed by atoms with Crippen molar-refractivity contribution in [1.29, 1.82) is 0 Å². The van der Waals surface area contributed by atoms with Crippen LogP contribution in [0, 0.1) is 43.3 Å². The van der Waals surface area contributed by atoms with Crippen molar-refractivity contribution in [2.45, 2.75) is 111 Å². The molecule has 28 nitrogen and oxygen atoms in total. The fourth-order valence-corrected chi connectivity index (χ4v) is 14.3. The highest BCUT2D eigenvalue weighted by Gasteiger charge is 2.44. The number of hydrogen-bond donors (Lipinski definition) is 5. The first-order valence-electron chi connectivity index (χ1n) is 25.3. The van der Waals surface area contributed by atoms with Crippen molar-refractivity contribution in [2.75, 3.05) is 132 Å². The molecule has 7 heterocycles. The van der Waals surface area contributed by atoms with Crippen molar-refractivity contribution in [1.82, 2.24) is 0 Å². The zero-order chi connectivity index (χ0) is 65.3. The van der Waals surface area contributed by atoms with Gasteiger partial charge in [0.2, 0.25) is 0 Å². The Balaban J connectivity index is -0.000000174. The zero-order valence-corrected chi connectivity index (χ0v) is 66.3. The van der Waals surface area contributed by atoms with Crippen LogP contribution in [0.15, 0.2) is 0 Å². The van der Waals surface area contributed by atoms with Crippen LogP contribution in [-0.2, 0) is 99.8 Å². The van der Waals surface area contributed by atoms with E-state index in [1.54, 1.807) is 13.8 Å². The molecule has 7 N–H and O–H groups in total. The standard InChI is InChI=1S/C11H22O7P2.2C6H13O4P.C5H10ClO3P.2C5H10O3P.C5H12O2.CH4O.Cl3P.4ClH.H2O/c1-10(2)5-14-19(12,15-6-10)9-18-20(13)16-7-11(3,4)8-17-20;2*1-6(2)3-9-11(8,5-7)10-4-6;1-5(2)3-8-10(6,7)9-4-5;2*1-5(2)3-7-9(6)8-4-5;1-5(2,3-6)4-7;1-2;1-4(2)3;;;;;/h5-9H2,1-4H3;2*7H,3-5H2,1-2H3;3-4H2,1-2H3;2*3-4H2,1-2H3;6-7H,3-4H2,1-2H3;2H,1H3;;4*1H;1H2/q;;;;2*+1;;;;;;;;. The van der Waals surface area contributed by atoms with Crippen LogP contribution < -0.4 is 0 Å². The minimum Gasteiger partial charge on any atom is -0.412 e. The van der Waals surface area contributed by atoms with Crippen molar-refractivity contribution in [3.8, 4) is 0 Å². The van der Waals surface area contributed by atoms with E-state index in [2.05, 4.69) is 0 Å². The van der Waals surface area contributed by atoms with Gasteiger partial charge in [-0.15, -0.1) is 67.7 Å². The zero-order valence-electron chi connectivity index (χ0n) is 52.9. The maximum Gasteiger partial charge on any atom is 0.697 e. The lowest BCUT2D eigenvalue weighted by Gasteiger charge is -2.35. The molecule has 7 aliphatic rings. The molecule has 0 aromatic carbocycles. The van der Waals surface area contributed by atoms with Crippen molar-refractivity contribution < 1.29 is 131 Å². The van der Waals surface area contributed by atoms with Gasteiger partial charge in [-0.05, 0) is 0 Å². The van der Waals surface area contributed by atoms with Gasteiger partial charge in [0.05, 0.1) is 79.3 Å². The largest absolute Gasteiger partial charge is 0.697 e. The third-order valence-electron chi connectivity index (χ3n) is 10.2. The normalized spacial score (nSPS) is 24.3. The molecule has 44 heteroatoms. The van der Waals surface area contributed by atoms with Crippen LogP contribution in [0.2, 0.25) is 0 Å². The van der Waals surface area contributed by atoms with Gasteiger partial charge in [-0.25, -0.2) is 9.13 Å². The average molecular weight is 1610 g/mol. The number of halogens is 8. The number of hydrogen-bond acceptors (Lipinski definition) is 27. The first kappa shape index (κ1) is 105. The van der Waals surface area contributed by atoms with Crippen molar-refractivity contribution in [2.24, 2.45) is 43.3 Å². The van der Waals surface area contributed by atoms with Gasteiger partial charge in [0.15, 0.2) is 12.3 Å². The Morgan fingerprint density at radius 3 is 0.795 bits per heavy atom. The Labute approximate surface area is 567 Å². The van der Waals surface area contributed by atoms with E-state index >= 15 is 0 Å². The van der Waals surface area contributed by atoms with E-state index < -0.39 is 79.1 Å². The summed E-state index contributed by atoms with van der Waals surface area (Å²) in [6.07, 6.45) is -1.48. The van der Waals surface area contributed by atoms with Crippen LogP contribution in [-0.4, -0.2) is 163 Å². The van der Waals surface area contributed by atoms with Crippen molar-refractivity contribution >= 4 is 155 Å². The van der Waals surface area contributed by atoms with E-state index in [0.717, 1.165) is 7.11 Å².